The second kappa shape index (κ2) is 9.83. The Hall–Kier alpha value is -3.06. The van der Waals surface area contributed by atoms with Gasteiger partial charge in [-0.3, -0.25) is 4.79 Å². The molecule has 3 rings (SSSR count). The zero-order valence-electron chi connectivity index (χ0n) is 17.6. The van der Waals surface area contributed by atoms with Crippen LogP contribution in [-0.2, 0) is 11.2 Å². The molecule has 0 spiro atoms. The van der Waals surface area contributed by atoms with Crippen LogP contribution in [0.5, 0.6) is 0 Å². The largest absolute Gasteiger partial charge is 0.321 e. The normalized spacial score (nSPS) is 11.2. The van der Waals surface area contributed by atoms with E-state index in [1.807, 2.05) is 31.2 Å². The third kappa shape index (κ3) is 5.98. The molecule has 3 aromatic carbocycles. The second-order valence-corrected chi connectivity index (χ2v) is 8.47. The number of aryl methyl sites for hydroxylation is 3. The highest BCUT2D eigenvalue weighted by Crippen LogP contribution is 2.24. The lowest BCUT2D eigenvalue weighted by molar-refractivity contribution is -0.112. The number of carbonyl (C=O) groups excluding carboxylic acids is 1. The van der Waals surface area contributed by atoms with Gasteiger partial charge in [0.05, 0.1) is 0 Å². The van der Waals surface area contributed by atoms with Crippen molar-refractivity contribution in [1.82, 2.24) is 0 Å². The molecule has 0 fully saturated rings. The third-order valence-electron chi connectivity index (χ3n) is 4.90. The smallest absolute Gasteiger partial charge is 0.266 e. The lowest BCUT2D eigenvalue weighted by Crippen LogP contribution is -2.14. The first kappa shape index (κ1) is 22.6. The number of anilines is 1. The summed E-state index contributed by atoms with van der Waals surface area (Å²) in [6, 6.07) is 19.1. The molecule has 0 heterocycles. The number of amides is 1. The Morgan fingerprint density at radius 2 is 1.61 bits per heavy atom. The van der Waals surface area contributed by atoms with Gasteiger partial charge in [0.1, 0.15) is 11.6 Å². The predicted octanol–water partition coefficient (Wildman–Crippen LogP) is 7.06. The molecule has 156 valence electrons. The summed E-state index contributed by atoms with van der Waals surface area (Å²) < 4.78 is 0. The zero-order valence-corrected chi connectivity index (χ0v) is 19.1. The number of nitriles is 1. The van der Waals surface area contributed by atoms with Gasteiger partial charge in [0, 0.05) is 15.7 Å². The number of rotatable bonds is 5. The first-order chi connectivity index (χ1) is 14.7. The van der Waals surface area contributed by atoms with Crippen LogP contribution in [0.4, 0.5) is 5.69 Å². The van der Waals surface area contributed by atoms with Crippen LogP contribution in [0.15, 0.2) is 60.2 Å². The standard InChI is InChI=1S/C26H22Cl2N2O/c1-16-8-17(2)10-19(9-16)11-20-5-7-23(27)13-21(20)12-22(15-29)26(31)30-25-14-24(28)6-4-18(25)3/h4-10,12-14H,11H2,1-3H3,(H,30,31)/b22-12+. The van der Waals surface area contributed by atoms with Crippen molar-refractivity contribution in [3.8, 4) is 6.07 Å². The van der Waals surface area contributed by atoms with Gasteiger partial charge < -0.3 is 5.32 Å². The minimum atomic E-state index is -0.495. The SMILES string of the molecule is Cc1cc(C)cc(Cc2ccc(Cl)cc2/C=C(\C#N)C(=O)Nc2cc(Cl)ccc2C)c1. The average molecular weight is 449 g/mol. The number of halogens is 2. The first-order valence-electron chi connectivity index (χ1n) is 9.80. The van der Waals surface area contributed by atoms with E-state index in [2.05, 4.69) is 37.4 Å². The molecule has 0 aromatic heterocycles. The molecule has 0 radical (unpaired) electrons. The van der Waals surface area contributed by atoms with Crippen LogP contribution in [0.2, 0.25) is 10.0 Å². The van der Waals surface area contributed by atoms with E-state index in [1.165, 1.54) is 11.1 Å². The summed E-state index contributed by atoms with van der Waals surface area (Å²) in [6.45, 7) is 5.99. The van der Waals surface area contributed by atoms with Gasteiger partial charge in [0.25, 0.3) is 5.91 Å². The van der Waals surface area contributed by atoms with E-state index in [9.17, 15) is 10.1 Å². The molecule has 0 aliphatic heterocycles. The zero-order chi connectivity index (χ0) is 22.5. The minimum Gasteiger partial charge on any atom is -0.321 e. The molecule has 31 heavy (non-hydrogen) atoms. The Morgan fingerprint density at radius 3 is 2.29 bits per heavy atom. The van der Waals surface area contributed by atoms with Crippen molar-refractivity contribution in [3.63, 3.8) is 0 Å². The summed E-state index contributed by atoms with van der Waals surface area (Å²) in [5.41, 5.74) is 6.67. The number of hydrogen-bond acceptors (Lipinski definition) is 2. The van der Waals surface area contributed by atoms with Crippen LogP contribution in [0.3, 0.4) is 0 Å². The Kier molecular flexibility index (Phi) is 7.17. The molecular weight excluding hydrogens is 427 g/mol. The summed E-state index contributed by atoms with van der Waals surface area (Å²) in [5, 5.41) is 13.5. The van der Waals surface area contributed by atoms with Gasteiger partial charge in [-0.15, -0.1) is 0 Å². The highest BCUT2D eigenvalue weighted by atomic mass is 35.5. The highest BCUT2D eigenvalue weighted by Gasteiger charge is 2.13. The van der Waals surface area contributed by atoms with Crippen molar-refractivity contribution in [3.05, 3.63) is 104 Å². The maximum atomic E-state index is 12.8. The third-order valence-corrected chi connectivity index (χ3v) is 5.37. The topological polar surface area (TPSA) is 52.9 Å². The van der Waals surface area contributed by atoms with E-state index in [0.29, 0.717) is 22.2 Å². The molecule has 3 nitrogen and oxygen atoms in total. The quantitative estimate of drug-likeness (QED) is 0.335. The van der Waals surface area contributed by atoms with Crippen molar-refractivity contribution >= 4 is 40.9 Å². The summed E-state index contributed by atoms with van der Waals surface area (Å²) in [4.78, 5) is 12.8. The molecule has 0 atom stereocenters. The Balaban J connectivity index is 1.94. The van der Waals surface area contributed by atoms with Gasteiger partial charge in [-0.25, -0.2) is 0 Å². The summed E-state index contributed by atoms with van der Waals surface area (Å²) >= 11 is 12.3. The number of benzene rings is 3. The summed E-state index contributed by atoms with van der Waals surface area (Å²) in [5.74, 6) is -0.495. The summed E-state index contributed by atoms with van der Waals surface area (Å²) in [7, 11) is 0. The van der Waals surface area contributed by atoms with Crippen LogP contribution >= 0.6 is 23.2 Å². The minimum absolute atomic E-state index is 0.0108. The molecule has 0 aliphatic carbocycles. The van der Waals surface area contributed by atoms with Gasteiger partial charge in [-0.05, 0) is 79.8 Å². The van der Waals surface area contributed by atoms with E-state index >= 15 is 0 Å². The van der Waals surface area contributed by atoms with Crippen molar-refractivity contribution in [2.45, 2.75) is 27.2 Å². The lowest BCUT2D eigenvalue weighted by Gasteiger charge is -2.11. The summed E-state index contributed by atoms with van der Waals surface area (Å²) in [6.07, 6.45) is 2.25. The molecular formula is C26H22Cl2N2O. The van der Waals surface area contributed by atoms with E-state index in [-0.39, 0.29) is 5.57 Å². The predicted molar refractivity (Wildman–Crippen MR) is 129 cm³/mol. The maximum Gasteiger partial charge on any atom is 0.266 e. The van der Waals surface area contributed by atoms with E-state index < -0.39 is 5.91 Å². The highest BCUT2D eigenvalue weighted by molar-refractivity contribution is 6.31. The molecule has 1 amide bonds. The molecule has 0 bridgehead atoms. The van der Waals surface area contributed by atoms with Gasteiger partial charge in [0.15, 0.2) is 0 Å². The number of nitrogens with zero attached hydrogens (tertiary/aromatic N) is 1. The maximum absolute atomic E-state index is 12.8. The molecule has 0 aliphatic rings. The van der Waals surface area contributed by atoms with Crippen molar-refractivity contribution in [2.24, 2.45) is 0 Å². The Bertz CT molecular complexity index is 1200. The van der Waals surface area contributed by atoms with Crippen molar-refractivity contribution in [2.75, 3.05) is 5.32 Å². The number of nitrogens with one attached hydrogen (secondary N) is 1. The van der Waals surface area contributed by atoms with E-state index in [0.717, 1.165) is 22.3 Å². The Labute approximate surface area is 192 Å². The number of carbonyl (C=O) groups is 1. The van der Waals surface area contributed by atoms with Gasteiger partial charge in [-0.1, -0.05) is 64.7 Å². The first-order valence-corrected chi connectivity index (χ1v) is 10.6. The monoisotopic (exact) mass is 448 g/mol. The molecule has 1 N–H and O–H groups in total. The van der Waals surface area contributed by atoms with Gasteiger partial charge >= 0.3 is 0 Å². The van der Waals surface area contributed by atoms with E-state index in [4.69, 9.17) is 23.2 Å². The number of hydrogen-bond donors (Lipinski definition) is 1. The average Bonchev–Trinajstić information content (AvgIpc) is 2.70. The van der Waals surface area contributed by atoms with Crippen molar-refractivity contribution in [1.29, 1.82) is 5.26 Å². The Morgan fingerprint density at radius 1 is 0.968 bits per heavy atom. The van der Waals surface area contributed by atoms with Crippen LogP contribution in [-0.4, -0.2) is 5.91 Å². The second-order valence-electron chi connectivity index (χ2n) is 7.60. The van der Waals surface area contributed by atoms with E-state index in [1.54, 1.807) is 24.3 Å². The van der Waals surface area contributed by atoms with Crippen LogP contribution < -0.4 is 5.32 Å². The van der Waals surface area contributed by atoms with Crippen LogP contribution in [0.1, 0.15) is 33.4 Å². The molecule has 0 saturated carbocycles. The molecule has 5 heteroatoms. The van der Waals surface area contributed by atoms with Gasteiger partial charge in [0.2, 0.25) is 0 Å². The molecule has 3 aromatic rings. The lowest BCUT2D eigenvalue weighted by atomic mass is 9.96. The molecule has 0 unspecified atom stereocenters. The fourth-order valence-electron chi connectivity index (χ4n) is 3.47. The van der Waals surface area contributed by atoms with Gasteiger partial charge in [-0.2, -0.15) is 5.26 Å². The molecule has 0 saturated heterocycles. The van der Waals surface area contributed by atoms with Crippen LogP contribution in [0, 0.1) is 32.1 Å². The van der Waals surface area contributed by atoms with Crippen LogP contribution in [0.25, 0.3) is 6.08 Å². The fourth-order valence-corrected chi connectivity index (χ4v) is 3.83. The van der Waals surface area contributed by atoms with Crippen molar-refractivity contribution < 1.29 is 4.79 Å². The fraction of sp³-hybridized carbons (Fsp3) is 0.154.